The molecule has 1 aromatic carbocycles. The molecule has 1 atom stereocenters. The van der Waals surface area contributed by atoms with E-state index in [-0.39, 0.29) is 11.5 Å². The summed E-state index contributed by atoms with van der Waals surface area (Å²) in [4.78, 5) is 0. The number of aliphatic hydroxyl groups is 1. The van der Waals surface area contributed by atoms with Gasteiger partial charge in [0.25, 0.3) is 0 Å². The van der Waals surface area contributed by atoms with Gasteiger partial charge in [-0.3, -0.25) is 0 Å². The van der Waals surface area contributed by atoms with Crippen LogP contribution < -0.4 is 0 Å². The summed E-state index contributed by atoms with van der Waals surface area (Å²) >= 11 is 0. The van der Waals surface area contributed by atoms with Crippen LogP contribution >= 0.6 is 0 Å². The van der Waals surface area contributed by atoms with E-state index in [4.69, 9.17) is 4.74 Å². The van der Waals surface area contributed by atoms with Crippen molar-refractivity contribution in [2.24, 2.45) is 0 Å². The molecular formula is C15H24O2. The highest BCUT2D eigenvalue weighted by atomic mass is 16.5. The van der Waals surface area contributed by atoms with Gasteiger partial charge in [0.2, 0.25) is 0 Å². The van der Waals surface area contributed by atoms with E-state index < -0.39 is 6.10 Å². The first-order valence-corrected chi connectivity index (χ1v) is 6.21. The van der Waals surface area contributed by atoms with Crippen molar-refractivity contribution < 1.29 is 9.84 Å². The Balaban J connectivity index is 2.67. The summed E-state index contributed by atoms with van der Waals surface area (Å²) in [6, 6.07) is 8.12. The van der Waals surface area contributed by atoms with Gasteiger partial charge < -0.3 is 9.84 Å². The van der Waals surface area contributed by atoms with Gasteiger partial charge >= 0.3 is 0 Å². The van der Waals surface area contributed by atoms with Gasteiger partial charge in [0.15, 0.2) is 0 Å². The van der Waals surface area contributed by atoms with Crippen molar-refractivity contribution in [2.75, 3.05) is 6.61 Å². The molecule has 0 saturated carbocycles. The largest absolute Gasteiger partial charge is 0.386 e. The van der Waals surface area contributed by atoms with Crippen molar-refractivity contribution in [1.82, 2.24) is 0 Å². The van der Waals surface area contributed by atoms with Crippen molar-refractivity contribution in [3.05, 3.63) is 35.4 Å². The van der Waals surface area contributed by atoms with E-state index >= 15 is 0 Å². The molecule has 0 amide bonds. The lowest BCUT2D eigenvalue weighted by molar-refractivity contribution is 0.00492. The van der Waals surface area contributed by atoms with E-state index in [1.165, 1.54) is 5.56 Å². The van der Waals surface area contributed by atoms with E-state index in [9.17, 15) is 5.11 Å². The minimum Gasteiger partial charge on any atom is -0.386 e. The SMILES string of the molecule is CC(C)OCC(O)c1ccc(C(C)(C)C)cc1. The third-order valence-corrected chi connectivity index (χ3v) is 2.75. The van der Waals surface area contributed by atoms with Gasteiger partial charge in [-0.2, -0.15) is 0 Å². The highest BCUT2D eigenvalue weighted by Crippen LogP contribution is 2.24. The highest BCUT2D eigenvalue weighted by Gasteiger charge is 2.14. The van der Waals surface area contributed by atoms with Crippen molar-refractivity contribution in [1.29, 1.82) is 0 Å². The monoisotopic (exact) mass is 236 g/mol. The molecule has 0 bridgehead atoms. The average Bonchev–Trinajstić information content (AvgIpc) is 2.25. The smallest absolute Gasteiger partial charge is 0.102 e. The Hall–Kier alpha value is -0.860. The standard InChI is InChI=1S/C15H24O2/c1-11(2)17-10-14(16)12-6-8-13(9-7-12)15(3,4)5/h6-9,11,14,16H,10H2,1-5H3. The first-order chi connectivity index (χ1) is 7.80. The Labute approximate surface area is 105 Å². The van der Waals surface area contributed by atoms with Crippen LogP contribution in [-0.4, -0.2) is 17.8 Å². The van der Waals surface area contributed by atoms with Crippen LogP contribution in [0.1, 0.15) is 51.8 Å². The third kappa shape index (κ3) is 4.49. The van der Waals surface area contributed by atoms with Crippen LogP contribution in [0.15, 0.2) is 24.3 Å². The lowest BCUT2D eigenvalue weighted by atomic mass is 9.86. The molecule has 1 N–H and O–H groups in total. The predicted octanol–water partition coefficient (Wildman–Crippen LogP) is 3.44. The summed E-state index contributed by atoms with van der Waals surface area (Å²) in [7, 11) is 0. The normalized spacial score (nSPS) is 14.1. The molecule has 0 heterocycles. The van der Waals surface area contributed by atoms with Crippen LogP contribution in [0, 0.1) is 0 Å². The molecule has 0 radical (unpaired) electrons. The van der Waals surface area contributed by atoms with E-state index in [0.717, 1.165) is 5.56 Å². The van der Waals surface area contributed by atoms with Crippen LogP contribution in [0.5, 0.6) is 0 Å². The van der Waals surface area contributed by atoms with Gasteiger partial charge in [-0.15, -0.1) is 0 Å². The van der Waals surface area contributed by atoms with Crippen molar-refractivity contribution >= 4 is 0 Å². The van der Waals surface area contributed by atoms with Gasteiger partial charge in [0.05, 0.1) is 12.7 Å². The minimum atomic E-state index is -0.536. The van der Waals surface area contributed by atoms with Gasteiger partial charge in [-0.1, -0.05) is 45.0 Å². The van der Waals surface area contributed by atoms with Crippen LogP contribution in [-0.2, 0) is 10.2 Å². The number of ether oxygens (including phenoxy) is 1. The van der Waals surface area contributed by atoms with Gasteiger partial charge in [0.1, 0.15) is 6.10 Å². The Morgan fingerprint density at radius 3 is 2.06 bits per heavy atom. The summed E-state index contributed by atoms with van der Waals surface area (Å²) in [5.74, 6) is 0. The highest BCUT2D eigenvalue weighted by molar-refractivity contribution is 5.28. The maximum absolute atomic E-state index is 9.94. The second kappa shape index (κ2) is 5.65. The van der Waals surface area contributed by atoms with Crippen LogP contribution in [0.3, 0.4) is 0 Å². The molecule has 0 spiro atoms. The zero-order valence-corrected chi connectivity index (χ0v) is 11.5. The molecule has 1 unspecified atom stereocenters. The number of hydrogen-bond donors (Lipinski definition) is 1. The number of hydrogen-bond acceptors (Lipinski definition) is 2. The molecule has 0 aromatic heterocycles. The molecule has 0 saturated heterocycles. The number of benzene rings is 1. The Bertz CT molecular complexity index is 333. The molecule has 0 aliphatic carbocycles. The second-order valence-corrected chi connectivity index (χ2v) is 5.77. The van der Waals surface area contributed by atoms with Crippen molar-refractivity contribution in [2.45, 2.75) is 52.2 Å². The van der Waals surface area contributed by atoms with E-state index in [1.807, 2.05) is 26.0 Å². The van der Waals surface area contributed by atoms with Gasteiger partial charge in [-0.25, -0.2) is 0 Å². The predicted molar refractivity (Wildman–Crippen MR) is 71.2 cm³/mol. The fourth-order valence-corrected chi connectivity index (χ4v) is 1.59. The van der Waals surface area contributed by atoms with Gasteiger partial charge in [0, 0.05) is 0 Å². The molecule has 1 aromatic rings. The Morgan fingerprint density at radius 2 is 1.65 bits per heavy atom. The average molecular weight is 236 g/mol. The summed E-state index contributed by atoms with van der Waals surface area (Å²) < 4.78 is 5.41. The summed E-state index contributed by atoms with van der Waals surface area (Å²) in [6.07, 6.45) is -0.384. The summed E-state index contributed by atoms with van der Waals surface area (Å²) in [6.45, 7) is 10.8. The maximum Gasteiger partial charge on any atom is 0.102 e. The van der Waals surface area contributed by atoms with Crippen LogP contribution in [0.4, 0.5) is 0 Å². The van der Waals surface area contributed by atoms with Crippen molar-refractivity contribution in [3.8, 4) is 0 Å². The third-order valence-electron chi connectivity index (χ3n) is 2.75. The molecule has 2 nitrogen and oxygen atoms in total. The number of aliphatic hydroxyl groups excluding tert-OH is 1. The first kappa shape index (κ1) is 14.2. The fourth-order valence-electron chi connectivity index (χ4n) is 1.59. The zero-order chi connectivity index (χ0) is 13.1. The lowest BCUT2D eigenvalue weighted by Gasteiger charge is -2.20. The molecule has 96 valence electrons. The molecule has 1 rings (SSSR count). The molecular weight excluding hydrogens is 212 g/mol. The van der Waals surface area contributed by atoms with E-state index in [0.29, 0.717) is 6.61 Å². The first-order valence-electron chi connectivity index (χ1n) is 6.21. The zero-order valence-electron chi connectivity index (χ0n) is 11.5. The molecule has 2 heteroatoms. The topological polar surface area (TPSA) is 29.5 Å². The second-order valence-electron chi connectivity index (χ2n) is 5.77. The molecule has 0 aliphatic rings. The molecule has 0 fully saturated rings. The summed E-state index contributed by atoms with van der Waals surface area (Å²) in [5.41, 5.74) is 2.34. The quantitative estimate of drug-likeness (QED) is 0.867. The van der Waals surface area contributed by atoms with Gasteiger partial charge in [-0.05, 0) is 30.4 Å². The summed E-state index contributed by atoms with van der Waals surface area (Å²) in [5, 5.41) is 9.94. The Morgan fingerprint density at radius 1 is 1.12 bits per heavy atom. The molecule has 17 heavy (non-hydrogen) atoms. The molecule has 0 aliphatic heterocycles. The van der Waals surface area contributed by atoms with Crippen LogP contribution in [0.2, 0.25) is 0 Å². The fraction of sp³-hybridized carbons (Fsp3) is 0.600. The van der Waals surface area contributed by atoms with E-state index in [2.05, 4.69) is 32.9 Å². The Kier molecular flexibility index (Phi) is 4.72. The minimum absolute atomic E-state index is 0.151. The lowest BCUT2D eigenvalue weighted by Crippen LogP contribution is -2.13. The van der Waals surface area contributed by atoms with Crippen LogP contribution in [0.25, 0.3) is 0 Å². The van der Waals surface area contributed by atoms with E-state index in [1.54, 1.807) is 0 Å². The maximum atomic E-state index is 9.94. The van der Waals surface area contributed by atoms with Crippen molar-refractivity contribution in [3.63, 3.8) is 0 Å². The number of rotatable bonds is 4.